The molecular weight excluding hydrogens is 257 g/mol. The molecule has 0 aliphatic carbocycles. The van der Waals surface area contributed by atoms with E-state index in [1.54, 1.807) is 0 Å². The number of piperidine rings is 1. The zero-order chi connectivity index (χ0) is 14.7. The minimum atomic E-state index is -0.265. The summed E-state index contributed by atoms with van der Waals surface area (Å²) in [5, 5.41) is 0. The third kappa shape index (κ3) is 3.55. The van der Waals surface area contributed by atoms with E-state index in [0.717, 1.165) is 24.0 Å². The number of likely N-dealkylation sites (tertiary alicyclic amines) is 1. The van der Waals surface area contributed by atoms with Crippen LogP contribution in [0.1, 0.15) is 30.9 Å². The Labute approximate surface area is 118 Å². The molecular formula is C15H22FN3O. The second kappa shape index (κ2) is 6.33. The number of primary amides is 1. The first kappa shape index (κ1) is 14.9. The largest absolute Gasteiger partial charge is 0.369 e. The Morgan fingerprint density at radius 3 is 2.70 bits per heavy atom. The van der Waals surface area contributed by atoms with Gasteiger partial charge in [0.2, 0.25) is 5.91 Å². The molecule has 5 heteroatoms. The van der Waals surface area contributed by atoms with Crippen LogP contribution in [-0.4, -0.2) is 23.4 Å². The zero-order valence-electron chi connectivity index (χ0n) is 11.8. The summed E-state index contributed by atoms with van der Waals surface area (Å²) in [6, 6.07) is 5.27. The topological polar surface area (TPSA) is 72.4 Å². The maximum absolute atomic E-state index is 13.5. The Balaban J connectivity index is 2.11. The fraction of sp³-hybridized carbons (Fsp3) is 0.533. The van der Waals surface area contributed by atoms with Gasteiger partial charge in [0.25, 0.3) is 0 Å². The number of carbonyl (C=O) groups is 1. The highest BCUT2D eigenvalue weighted by Gasteiger charge is 2.28. The average molecular weight is 279 g/mol. The molecule has 4 N–H and O–H groups in total. The van der Waals surface area contributed by atoms with Gasteiger partial charge < -0.3 is 11.5 Å². The van der Waals surface area contributed by atoms with Crippen molar-refractivity contribution >= 4 is 5.91 Å². The number of halogens is 1. The van der Waals surface area contributed by atoms with Gasteiger partial charge in [-0.25, -0.2) is 4.39 Å². The summed E-state index contributed by atoms with van der Waals surface area (Å²) in [5.74, 6) is -0.614. The van der Waals surface area contributed by atoms with Gasteiger partial charge in [-0.15, -0.1) is 0 Å². The van der Waals surface area contributed by atoms with Crippen LogP contribution in [0.15, 0.2) is 18.2 Å². The quantitative estimate of drug-likeness (QED) is 0.874. The summed E-state index contributed by atoms with van der Waals surface area (Å²) in [6.45, 7) is 3.71. The lowest BCUT2D eigenvalue weighted by molar-refractivity contribution is -0.124. The monoisotopic (exact) mass is 279 g/mol. The summed E-state index contributed by atoms with van der Waals surface area (Å²) in [5.41, 5.74) is 12.6. The lowest BCUT2D eigenvalue weighted by Crippen LogP contribution is -2.45. The number of benzene rings is 1. The van der Waals surface area contributed by atoms with Crippen molar-refractivity contribution in [2.24, 2.45) is 17.4 Å². The van der Waals surface area contributed by atoms with Crippen LogP contribution in [0.3, 0.4) is 0 Å². The van der Waals surface area contributed by atoms with Gasteiger partial charge in [-0.1, -0.05) is 6.07 Å². The maximum atomic E-state index is 13.5. The van der Waals surface area contributed by atoms with Crippen molar-refractivity contribution in [3.8, 4) is 0 Å². The highest BCUT2D eigenvalue weighted by Crippen LogP contribution is 2.24. The number of hydrogen-bond donors (Lipinski definition) is 2. The van der Waals surface area contributed by atoms with Gasteiger partial charge in [0.15, 0.2) is 0 Å². The van der Waals surface area contributed by atoms with Crippen LogP contribution >= 0.6 is 0 Å². The van der Waals surface area contributed by atoms with Crippen molar-refractivity contribution in [2.45, 2.75) is 38.9 Å². The Morgan fingerprint density at radius 1 is 1.35 bits per heavy atom. The number of rotatable bonds is 4. The van der Waals surface area contributed by atoms with E-state index in [1.807, 2.05) is 6.07 Å². The lowest BCUT2D eigenvalue weighted by Gasteiger charge is -2.37. The highest BCUT2D eigenvalue weighted by molar-refractivity contribution is 5.76. The third-order valence-corrected chi connectivity index (χ3v) is 4.05. The predicted molar refractivity (Wildman–Crippen MR) is 76.1 cm³/mol. The fourth-order valence-electron chi connectivity index (χ4n) is 2.79. The van der Waals surface area contributed by atoms with Crippen molar-refractivity contribution in [3.05, 3.63) is 35.1 Å². The molecule has 2 rings (SSSR count). The molecule has 2 atom stereocenters. The van der Waals surface area contributed by atoms with Crippen LogP contribution < -0.4 is 11.5 Å². The van der Waals surface area contributed by atoms with Gasteiger partial charge in [-0.2, -0.15) is 0 Å². The van der Waals surface area contributed by atoms with Gasteiger partial charge in [0, 0.05) is 25.7 Å². The molecule has 1 amide bonds. The molecule has 0 spiro atoms. The molecule has 0 radical (unpaired) electrons. The predicted octanol–water partition coefficient (Wildman–Crippen LogP) is 1.37. The van der Waals surface area contributed by atoms with E-state index in [0.29, 0.717) is 25.7 Å². The minimum Gasteiger partial charge on any atom is -0.369 e. The van der Waals surface area contributed by atoms with Crippen molar-refractivity contribution in [2.75, 3.05) is 6.54 Å². The van der Waals surface area contributed by atoms with E-state index in [-0.39, 0.29) is 17.6 Å². The van der Waals surface area contributed by atoms with Gasteiger partial charge in [0.1, 0.15) is 5.82 Å². The number of nitrogens with two attached hydrogens (primary N) is 2. The molecule has 20 heavy (non-hydrogen) atoms. The Bertz CT molecular complexity index is 492. The number of hydrogen-bond acceptors (Lipinski definition) is 3. The summed E-state index contributed by atoms with van der Waals surface area (Å²) in [6.07, 6.45) is 1.77. The van der Waals surface area contributed by atoms with E-state index in [4.69, 9.17) is 11.5 Å². The molecule has 110 valence electrons. The second-order valence-electron chi connectivity index (χ2n) is 5.63. The number of amides is 1. The Hall–Kier alpha value is -1.46. The van der Waals surface area contributed by atoms with Crippen molar-refractivity contribution in [1.29, 1.82) is 0 Å². The van der Waals surface area contributed by atoms with Crippen molar-refractivity contribution in [1.82, 2.24) is 4.90 Å². The van der Waals surface area contributed by atoms with E-state index in [1.165, 1.54) is 12.1 Å². The van der Waals surface area contributed by atoms with Crippen LogP contribution in [-0.2, 0) is 17.9 Å². The van der Waals surface area contributed by atoms with Crippen molar-refractivity contribution in [3.63, 3.8) is 0 Å². The lowest BCUT2D eigenvalue weighted by atomic mass is 9.92. The SMILES string of the molecule is CC1CCC(C(N)=O)CN1Cc1cc(F)cc(CN)c1. The van der Waals surface area contributed by atoms with E-state index >= 15 is 0 Å². The molecule has 2 unspecified atom stereocenters. The molecule has 1 aromatic carbocycles. The van der Waals surface area contributed by atoms with Crippen LogP contribution in [0.4, 0.5) is 4.39 Å². The Kier molecular flexibility index (Phi) is 4.73. The molecule has 0 aromatic heterocycles. The number of carbonyl (C=O) groups excluding carboxylic acids is 1. The molecule has 4 nitrogen and oxygen atoms in total. The molecule has 1 aliphatic rings. The van der Waals surface area contributed by atoms with E-state index < -0.39 is 0 Å². The van der Waals surface area contributed by atoms with Crippen LogP contribution in [0.5, 0.6) is 0 Å². The molecule has 0 saturated carbocycles. The van der Waals surface area contributed by atoms with E-state index in [2.05, 4.69) is 11.8 Å². The minimum absolute atomic E-state index is 0.103. The van der Waals surface area contributed by atoms with Crippen LogP contribution in [0.2, 0.25) is 0 Å². The summed E-state index contributed by atoms with van der Waals surface area (Å²) in [4.78, 5) is 13.5. The van der Waals surface area contributed by atoms with Gasteiger partial charge >= 0.3 is 0 Å². The normalized spacial score (nSPS) is 23.8. The third-order valence-electron chi connectivity index (χ3n) is 4.05. The second-order valence-corrected chi connectivity index (χ2v) is 5.63. The smallest absolute Gasteiger partial charge is 0.221 e. The van der Waals surface area contributed by atoms with Crippen LogP contribution in [0, 0.1) is 11.7 Å². The van der Waals surface area contributed by atoms with Crippen molar-refractivity contribution < 1.29 is 9.18 Å². The average Bonchev–Trinajstić information content (AvgIpc) is 2.40. The Morgan fingerprint density at radius 2 is 2.05 bits per heavy atom. The first-order valence-corrected chi connectivity index (χ1v) is 7.01. The summed E-state index contributed by atoms with van der Waals surface area (Å²) >= 11 is 0. The summed E-state index contributed by atoms with van der Waals surface area (Å²) < 4.78 is 13.5. The molecule has 1 aliphatic heterocycles. The van der Waals surface area contributed by atoms with Gasteiger partial charge in [0.05, 0.1) is 5.92 Å². The van der Waals surface area contributed by atoms with Gasteiger partial charge in [-0.3, -0.25) is 9.69 Å². The molecule has 1 saturated heterocycles. The standard InChI is InChI=1S/C15H22FN3O/c1-10-2-3-13(15(18)20)9-19(10)8-12-4-11(7-17)5-14(16)6-12/h4-6,10,13H,2-3,7-9,17H2,1H3,(H2,18,20). The van der Waals surface area contributed by atoms with E-state index in [9.17, 15) is 9.18 Å². The molecule has 0 bridgehead atoms. The first-order valence-electron chi connectivity index (χ1n) is 7.01. The molecule has 1 heterocycles. The summed E-state index contributed by atoms with van der Waals surface area (Å²) in [7, 11) is 0. The number of nitrogens with zero attached hydrogens (tertiary/aromatic N) is 1. The zero-order valence-corrected chi connectivity index (χ0v) is 11.8. The molecule has 1 fully saturated rings. The van der Waals surface area contributed by atoms with Crippen LogP contribution in [0.25, 0.3) is 0 Å². The first-order chi connectivity index (χ1) is 9.49. The highest BCUT2D eigenvalue weighted by atomic mass is 19.1. The van der Waals surface area contributed by atoms with Gasteiger partial charge in [-0.05, 0) is 43.0 Å². The maximum Gasteiger partial charge on any atom is 0.221 e. The fourth-order valence-corrected chi connectivity index (χ4v) is 2.79. The molecule has 1 aromatic rings.